The summed E-state index contributed by atoms with van der Waals surface area (Å²) in [5.74, 6) is -0.686. The number of carbonyl (C=O) groups excluding carboxylic acids is 2. The van der Waals surface area contributed by atoms with Gasteiger partial charge in [0.1, 0.15) is 0 Å². The number of nitrogens with one attached hydrogen (secondary N) is 3. The molecular weight excluding hydrogens is 438 g/mol. The third kappa shape index (κ3) is 5.98. The molecule has 8 heteroatoms. The molecule has 3 N–H and O–H groups in total. The van der Waals surface area contributed by atoms with Gasteiger partial charge in [-0.3, -0.25) is 14.3 Å². The number of carbonyl (C=O) groups is 2. The molecule has 0 saturated carbocycles. The largest absolute Gasteiger partial charge is 0.350 e. The van der Waals surface area contributed by atoms with E-state index in [2.05, 4.69) is 15.4 Å². The highest BCUT2D eigenvalue weighted by Crippen LogP contribution is 2.23. The number of hydrogen-bond acceptors (Lipinski definition) is 4. The smallest absolute Gasteiger partial charge is 0.261 e. The highest BCUT2D eigenvalue weighted by molar-refractivity contribution is 7.92. The van der Waals surface area contributed by atoms with Crippen LogP contribution in [-0.2, 0) is 10.0 Å². The standard InChI is InChI=1S/C25H27N3O4S/c1-16(2)26-25(30)21-7-5-6-8-23(21)27-24(29)19-11-14-22(18(4)15-19)28-33(31,32)20-12-9-17(3)10-13-20/h5-16,28H,1-4H3,(H,26,30)(H,27,29). The van der Waals surface area contributed by atoms with Gasteiger partial charge in [0, 0.05) is 11.6 Å². The van der Waals surface area contributed by atoms with Crippen molar-refractivity contribution in [1.82, 2.24) is 5.32 Å². The summed E-state index contributed by atoms with van der Waals surface area (Å²) in [7, 11) is -3.75. The molecule has 0 saturated heterocycles. The molecule has 0 spiro atoms. The summed E-state index contributed by atoms with van der Waals surface area (Å²) in [6.07, 6.45) is 0. The number of sulfonamides is 1. The minimum absolute atomic E-state index is 0.0415. The zero-order valence-corrected chi connectivity index (χ0v) is 19.8. The number of benzene rings is 3. The molecule has 7 nitrogen and oxygen atoms in total. The molecule has 0 atom stereocenters. The van der Waals surface area contributed by atoms with Gasteiger partial charge < -0.3 is 10.6 Å². The van der Waals surface area contributed by atoms with Crippen LogP contribution in [0.4, 0.5) is 11.4 Å². The van der Waals surface area contributed by atoms with E-state index in [9.17, 15) is 18.0 Å². The van der Waals surface area contributed by atoms with Crippen LogP contribution in [0.5, 0.6) is 0 Å². The lowest BCUT2D eigenvalue weighted by atomic mass is 10.1. The van der Waals surface area contributed by atoms with Crippen molar-refractivity contribution in [3.63, 3.8) is 0 Å². The van der Waals surface area contributed by atoms with Crippen LogP contribution in [0.25, 0.3) is 0 Å². The molecule has 0 heterocycles. The molecule has 0 aliphatic rings. The Morgan fingerprint density at radius 1 is 0.818 bits per heavy atom. The number of para-hydroxylation sites is 1. The Morgan fingerprint density at radius 2 is 1.48 bits per heavy atom. The molecule has 2 amide bonds. The molecule has 33 heavy (non-hydrogen) atoms. The summed E-state index contributed by atoms with van der Waals surface area (Å²) in [4.78, 5) is 25.4. The Kier molecular flexibility index (Phi) is 7.18. The monoisotopic (exact) mass is 465 g/mol. The average molecular weight is 466 g/mol. The summed E-state index contributed by atoms with van der Waals surface area (Å²) < 4.78 is 27.9. The van der Waals surface area contributed by atoms with Crippen molar-refractivity contribution in [1.29, 1.82) is 0 Å². The fourth-order valence-electron chi connectivity index (χ4n) is 3.17. The zero-order valence-electron chi connectivity index (χ0n) is 19.0. The van der Waals surface area contributed by atoms with Crippen molar-refractivity contribution in [3.8, 4) is 0 Å². The second kappa shape index (κ2) is 9.87. The van der Waals surface area contributed by atoms with Gasteiger partial charge in [-0.25, -0.2) is 8.42 Å². The van der Waals surface area contributed by atoms with E-state index in [-0.39, 0.29) is 16.8 Å². The van der Waals surface area contributed by atoms with Crippen LogP contribution in [0.2, 0.25) is 0 Å². The maximum absolute atomic E-state index is 12.8. The predicted octanol–water partition coefficient (Wildman–Crippen LogP) is 4.49. The second-order valence-corrected chi connectivity index (χ2v) is 9.76. The molecule has 0 aliphatic heterocycles. The van der Waals surface area contributed by atoms with E-state index in [1.807, 2.05) is 20.8 Å². The third-order valence-electron chi connectivity index (χ3n) is 4.90. The molecular formula is C25H27N3O4S. The molecule has 0 unspecified atom stereocenters. The van der Waals surface area contributed by atoms with Crippen LogP contribution < -0.4 is 15.4 Å². The molecule has 0 bridgehead atoms. The molecule has 0 fully saturated rings. The first-order chi connectivity index (χ1) is 15.6. The van der Waals surface area contributed by atoms with Crippen molar-refractivity contribution in [2.75, 3.05) is 10.0 Å². The molecule has 0 aromatic heterocycles. The van der Waals surface area contributed by atoms with E-state index in [4.69, 9.17) is 0 Å². The van der Waals surface area contributed by atoms with Gasteiger partial charge in [0.25, 0.3) is 21.8 Å². The lowest BCUT2D eigenvalue weighted by molar-refractivity contribution is 0.0944. The SMILES string of the molecule is Cc1ccc(S(=O)(=O)Nc2ccc(C(=O)Nc3ccccc3C(=O)NC(C)C)cc2C)cc1. The van der Waals surface area contributed by atoms with E-state index in [1.54, 1.807) is 67.6 Å². The molecule has 172 valence electrons. The summed E-state index contributed by atoms with van der Waals surface area (Å²) in [5.41, 5.74) is 3.02. The Balaban J connectivity index is 1.79. The highest BCUT2D eigenvalue weighted by Gasteiger charge is 2.18. The first-order valence-corrected chi connectivity index (χ1v) is 12.0. The van der Waals surface area contributed by atoms with Gasteiger partial charge in [-0.15, -0.1) is 0 Å². The second-order valence-electron chi connectivity index (χ2n) is 8.08. The minimum atomic E-state index is -3.75. The number of rotatable bonds is 7. The fraction of sp³-hybridized carbons (Fsp3) is 0.200. The summed E-state index contributed by atoms with van der Waals surface area (Å²) in [5, 5.41) is 5.58. The third-order valence-corrected chi connectivity index (χ3v) is 6.29. The Bertz CT molecular complexity index is 1280. The van der Waals surface area contributed by atoms with Crippen molar-refractivity contribution >= 4 is 33.2 Å². The fourth-order valence-corrected chi connectivity index (χ4v) is 4.30. The number of aryl methyl sites for hydroxylation is 2. The van der Waals surface area contributed by atoms with E-state index in [0.29, 0.717) is 28.1 Å². The molecule has 0 radical (unpaired) electrons. The van der Waals surface area contributed by atoms with Crippen molar-refractivity contribution in [2.45, 2.75) is 38.6 Å². The van der Waals surface area contributed by atoms with Crippen LogP contribution in [-0.4, -0.2) is 26.3 Å². The molecule has 3 aromatic rings. The maximum atomic E-state index is 12.8. The topological polar surface area (TPSA) is 104 Å². The maximum Gasteiger partial charge on any atom is 0.261 e. The quantitative estimate of drug-likeness (QED) is 0.478. The number of anilines is 2. The lowest BCUT2D eigenvalue weighted by Gasteiger charge is -2.14. The van der Waals surface area contributed by atoms with Crippen molar-refractivity contribution in [3.05, 3.63) is 89.0 Å². The van der Waals surface area contributed by atoms with Crippen LogP contribution >= 0.6 is 0 Å². The van der Waals surface area contributed by atoms with Gasteiger partial charge in [-0.2, -0.15) is 0 Å². The van der Waals surface area contributed by atoms with Crippen LogP contribution in [0, 0.1) is 13.8 Å². The van der Waals surface area contributed by atoms with E-state index >= 15 is 0 Å². The Labute approximate surface area is 194 Å². The molecule has 0 aliphatic carbocycles. The minimum Gasteiger partial charge on any atom is -0.350 e. The average Bonchev–Trinajstić information content (AvgIpc) is 2.75. The Morgan fingerprint density at radius 3 is 2.12 bits per heavy atom. The first-order valence-electron chi connectivity index (χ1n) is 10.5. The molecule has 3 rings (SSSR count). The van der Waals surface area contributed by atoms with Gasteiger partial charge in [-0.05, 0) is 75.7 Å². The van der Waals surface area contributed by atoms with E-state index < -0.39 is 15.9 Å². The van der Waals surface area contributed by atoms with Crippen molar-refractivity contribution in [2.24, 2.45) is 0 Å². The van der Waals surface area contributed by atoms with E-state index in [1.165, 1.54) is 6.07 Å². The van der Waals surface area contributed by atoms with Crippen LogP contribution in [0.15, 0.2) is 71.6 Å². The number of hydrogen-bond donors (Lipinski definition) is 3. The van der Waals surface area contributed by atoms with Gasteiger partial charge in [0.15, 0.2) is 0 Å². The van der Waals surface area contributed by atoms with E-state index in [0.717, 1.165) is 5.56 Å². The molecule has 3 aromatic carbocycles. The van der Waals surface area contributed by atoms with Crippen LogP contribution in [0.3, 0.4) is 0 Å². The number of amides is 2. The Hall–Kier alpha value is -3.65. The predicted molar refractivity (Wildman–Crippen MR) is 130 cm³/mol. The normalized spacial score (nSPS) is 11.2. The zero-order chi connectivity index (χ0) is 24.2. The van der Waals surface area contributed by atoms with Gasteiger partial charge in [0.2, 0.25) is 0 Å². The van der Waals surface area contributed by atoms with Gasteiger partial charge >= 0.3 is 0 Å². The summed E-state index contributed by atoms with van der Waals surface area (Å²) in [6, 6.07) is 17.9. The first kappa shape index (κ1) is 24.0. The summed E-state index contributed by atoms with van der Waals surface area (Å²) >= 11 is 0. The van der Waals surface area contributed by atoms with Crippen LogP contribution in [0.1, 0.15) is 45.7 Å². The van der Waals surface area contributed by atoms with Gasteiger partial charge in [0.05, 0.1) is 21.8 Å². The lowest BCUT2D eigenvalue weighted by Crippen LogP contribution is -2.31. The summed E-state index contributed by atoms with van der Waals surface area (Å²) in [6.45, 7) is 7.31. The van der Waals surface area contributed by atoms with Gasteiger partial charge in [-0.1, -0.05) is 29.8 Å². The highest BCUT2D eigenvalue weighted by atomic mass is 32.2. The van der Waals surface area contributed by atoms with Crippen molar-refractivity contribution < 1.29 is 18.0 Å².